The van der Waals surface area contributed by atoms with Gasteiger partial charge in [0, 0.05) is 5.92 Å². The van der Waals surface area contributed by atoms with Crippen molar-refractivity contribution in [3.8, 4) is 0 Å². The maximum absolute atomic E-state index is 11.0. The number of carbonyl (C=O) groups is 1. The molecule has 1 heterocycles. The van der Waals surface area contributed by atoms with Crippen LogP contribution < -0.4 is 5.32 Å². The second kappa shape index (κ2) is 4.03. The predicted octanol–water partition coefficient (Wildman–Crippen LogP) is 1.53. The van der Waals surface area contributed by atoms with Gasteiger partial charge in [0.1, 0.15) is 6.04 Å². The molecule has 0 unspecified atom stereocenters. The van der Waals surface area contributed by atoms with Crippen LogP contribution in [-0.2, 0) is 4.79 Å². The number of carboxylic acid groups (broad SMARTS) is 1. The first-order valence-electron chi connectivity index (χ1n) is 5.21. The maximum atomic E-state index is 11.0. The van der Waals surface area contributed by atoms with Crippen molar-refractivity contribution >= 4 is 5.97 Å². The topological polar surface area (TPSA) is 49.3 Å². The summed E-state index contributed by atoms with van der Waals surface area (Å²) in [6.07, 6.45) is 0.903. The minimum absolute atomic E-state index is 0.113. The quantitative estimate of drug-likeness (QED) is 0.769. The van der Waals surface area contributed by atoms with Gasteiger partial charge in [0.15, 0.2) is 0 Å². The van der Waals surface area contributed by atoms with Crippen LogP contribution in [0.1, 0.15) is 23.5 Å². The summed E-state index contributed by atoms with van der Waals surface area (Å²) >= 11 is 0. The van der Waals surface area contributed by atoms with Gasteiger partial charge in [0.25, 0.3) is 0 Å². The van der Waals surface area contributed by atoms with Crippen LogP contribution in [0.15, 0.2) is 24.3 Å². The fraction of sp³-hybridized carbons (Fsp3) is 0.417. The number of hydrogen-bond donors (Lipinski definition) is 2. The third-order valence-electron chi connectivity index (χ3n) is 2.96. The molecule has 1 saturated heterocycles. The van der Waals surface area contributed by atoms with Crippen molar-refractivity contribution in [1.82, 2.24) is 5.32 Å². The smallest absolute Gasteiger partial charge is 0.321 e. The summed E-state index contributed by atoms with van der Waals surface area (Å²) in [6, 6.07) is 7.68. The molecule has 0 aromatic heterocycles. The van der Waals surface area contributed by atoms with E-state index in [1.165, 1.54) is 5.56 Å². The van der Waals surface area contributed by atoms with E-state index in [0.29, 0.717) is 0 Å². The number of aliphatic carboxylic acids is 1. The fourth-order valence-electron chi connectivity index (χ4n) is 2.22. The molecule has 80 valence electrons. The average Bonchev–Trinajstić information content (AvgIpc) is 2.65. The normalized spacial score (nSPS) is 25.4. The zero-order chi connectivity index (χ0) is 10.8. The number of aryl methyl sites for hydroxylation is 1. The molecule has 1 fully saturated rings. The second-order valence-electron chi connectivity index (χ2n) is 4.08. The summed E-state index contributed by atoms with van der Waals surface area (Å²) in [7, 11) is 0. The zero-order valence-electron chi connectivity index (χ0n) is 8.73. The van der Waals surface area contributed by atoms with E-state index in [1.807, 2.05) is 25.1 Å². The number of hydrogen-bond acceptors (Lipinski definition) is 2. The molecule has 1 aromatic rings. The lowest BCUT2D eigenvalue weighted by Gasteiger charge is -2.16. The van der Waals surface area contributed by atoms with Gasteiger partial charge in [-0.25, -0.2) is 0 Å². The molecule has 2 atom stereocenters. The molecular weight excluding hydrogens is 190 g/mol. The van der Waals surface area contributed by atoms with E-state index in [4.69, 9.17) is 5.11 Å². The van der Waals surface area contributed by atoms with Gasteiger partial charge >= 0.3 is 5.97 Å². The summed E-state index contributed by atoms with van der Waals surface area (Å²) in [5, 5.41) is 12.1. The minimum atomic E-state index is -0.751. The molecule has 0 spiro atoms. The van der Waals surface area contributed by atoms with Crippen molar-refractivity contribution in [3.63, 3.8) is 0 Å². The Morgan fingerprint density at radius 2 is 2.33 bits per heavy atom. The predicted molar refractivity (Wildman–Crippen MR) is 58.0 cm³/mol. The van der Waals surface area contributed by atoms with Crippen LogP contribution in [-0.4, -0.2) is 23.7 Å². The third-order valence-corrected chi connectivity index (χ3v) is 2.96. The number of nitrogens with one attached hydrogen (secondary N) is 1. The van der Waals surface area contributed by atoms with Crippen LogP contribution in [0.25, 0.3) is 0 Å². The lowest BCUT2D eigenvalue weighted by Crippen LogP contribution is -2.34. The van der Waals surface area contributed by atoms with Crippen LogP contribution in [0, 0.1) is 6.92 Å². The highest BCUT2D eigenvalue weighted by Gasteiger charge is 2.33. The maximum Gasteiger partial charge on any atom is 0.321 e. The van der Waals surface area contributed by atoms with Crippen molar-refractivity contribution in [2.24, 2.45) is 0 Å². The number of benzene rings is 1. The Morgan fingerprint density at radius 1 is 1.53 bits per heavy atom. The van der Waals surface area contributed by atoms with Gasteiger partial charge in [-0.15, -0.1) is 0 Å². The van der Waals surface area contributed by atoms with Gasteiger partial charge in [-0.3, -0.25) is 4.79 Å². The molecule has 3 heteroatoms. The number of rotatable bonds is 2. The zero-order valence-corrected chi connectivity index (χ0v) is 8.73. The van der Waals surface area contributed by atoms with Gasteiger partial charge < -0.3 is 10.4 Å². The lowest BCUT2D eigenvalue weighted by molar-refractivity contribution is -0.139. The van der Waals surface area contributed by atoms with E-state index in [-0.39, 0.29) is 5.92 Å². The molecule has 1 aromatic carbocycles. The highest BCUT2D eigenvalue weighted by molar-refractivity contribution is 5.75. The molecule has 0 bridgehead atoms. The fourth-order valence-corrected chi connectivity index (χ4v) is 2.22. The van der Waals surface area contributed by atoms with Gasteiger partial charge in [0.05, 0.1) is 0 Å². The van der Waals surface area contributed by atoms with Gasteiger partial charge in [-0.1, -0.05) is 29.8 Å². The highest BCUT2D eigenvalue weighted by atomic mass is 16.4. The first-order chi connectivity index (χ1) is 7.18. The van der Waals surface area contributed by atoms with Gasteiger partial charge in [0.2, 0.25) is 0 Å². The standard InChI is InChI=1S/C12H15NO2/c1-8-3-2-4-9(7-8)10-5-6-13-11(10)12(14)15/h2-4,7,10-11,13H,5-6H2,1H3,(H,14,15)/t10-,11+/m1/s1. The molecule has 0 saturated carbocycles. The van der Waals surface area contributed by atoms with Gasteiger partial charge in [-0.05, 0) is 25.5 Å². The average molecular weight is 205 g/mol. The first kappa shape index (κ1) is 10.2. The molecule has 1 aliphatic rings. The van der Waals surface area contributed by atoms with Crippen molar-refractivity contribution in [1.29, 1.82) is 0 Å². The molecule has 0 aliphatic carbocycles. The molecule has 0 radical (unpaired) electrons. The molecule has 3 nitrogen and oxygen atoms in total. The lowest BCUT2D eigenvalue weighted by atomic mass is 9.91. The van der Waals surface area contributed by atoms with Crippen LogP contribution in [0.2, 0.25) is 0 Å². The second-order valence-corrected chi connectivity index (χ2v) is 4.08. The van der Waals surface area contributed by atoms with E-state index < -0.39 is 12.0 Å². The van der Waals surface area contributed by atoms with Crippen molar-refractivity contribution in [2.45, 2.75) is 25.3 Å². The van der Waals surface area contributed by atoms with Crippen LogP contribution in [0.4, 0.5) is 0 Å². The van der Waals surface area contributed by atoms with Crippen LogP contribution in [0.5, 0.6) is 0 Å². The van der Waals surface area contributed by atoms with Crippen LogP contribution >= 0.6 is 0 Å². The molecule has 15 heavy (non-hydrogen) atoms. The van der Waals surface area contributed by atoms with E-state index in [1.54, 1.807) is 0 Å². The molecular formula is C12H15NO2. The third kappa shape index (κ3) is 2.02. The minimum Gasteiger partial charge on any atom is -0.480 e. The largest absolute Gasteiger partial charge is 0.480 e. The Kier molecular flexibility index (Phi) is 2.73. The summed E-state index contributed by atoms with van der Waals surface area (Å²) in [6.45, 7) is 2.82. The molecule has 2 rings (SSSR count). The summed E-state index contributed by atoms with van der Waals surface area (Å²) in [5.41, 5.74) is 2.32. The number of carboxylic acids is 1. The Labute approximate surface area is 89.1 Å². The van der Waals surface area contributed by atoms with Crippen molar-refractivity contribution < 1.29 is 9.90 Å². The Morgan fingerprint density at radius 3 is 3.00 bits per heavy atom. The molecule has 0 amide bonds. The Balaban J connectivity index is 2.26. The van der Waals surface area contributed by atoms with Crippen molar-refractivity contribution in [2.75, 3.05) is 6.54 Å². The monoisotopic (exact) mass is 205 g/mol. The SMILES string of the molecule is Cc1cccc([C@H]2CCN[C@@H]2C(=O)O)c1. The summed E-state index contributed by atoms with van der Waals surface area (Å²) in [5.74, 6) is -0.638. The summed E-state index contributed by atoms with van der Waals surface area (Å²) in [4.78, 5) is 11.0. The molecule has 1 aliphatic heterocycles. The van der Waals surface area contributed by atoms with Crippen LogP contribution in [0.3, 0.4) is 0 Å². The summed E-state index contributed by atoms with van der Waals surface area (Å²) < 4.78 is 0. The Bertz CT molecular complexity index is 376. The Hall–Kier alpha value is -1.35. The first-order valence-corrected chi connectivity index (χ1v) is 5.21. The van der Waals surface area contributed by atoms with E-state index in [2.05, 4.69) is 11.4 Å². The van der Waals surface area contributed by atoms with E-state index >= 15 is 0 Å². The van der Waals surface area contributed by atoms with E-state index in [0.717, 1.165) is 18.5 Å². The van der Waals surface area contributed by atoms with Crippen molar-refractivity contribution in [3.05, 3.63) is 35.4 Å². The molecule has 2 N–H and O–H groups in total. The van der Waals surface area contributed by atoms with E-state index in [9.17, 15) is 4.79 Å². The highest BCUT2D eigenvalue weighted by Crippen LogP contribution is 2.28. The van der Waals surface area contributed by atoms with Gasteiger partial charge in [-0.2, -0.15) is 0 Å².